The van der Waals surface area contributed by atoms with Crippen molar-refractivity contribution in [2.45, 2.75) is 32.4 Å². The van der Waals surface area contributed by atoms with Crippen molar-refractivity contribution in [2.75, 3.05) is 0 Å². The van der Waals surface area contributed by atoms with Crippen LogP contribution >= 0.6 is 23.7 Å². The van der Waals surface area contributed by atoms with Crippen molar-refractivity contribution in [2.24, 2.45) is 0 Å². The molecule has 0 spiro atoms. The van der Waals surface area contributed by atoms with Crippen molar-refractivity contribution < 1.29 is 4.39 Å². The topological polar surface area (TPSA) is 12.0 Å². The van der Waals surface area contributed by atoms with E-state index >= 15 is 0 Å². The fourth-order valence-electron chi connectivity index (χ4n) is 1.99. The number of halogens is 2. The molecule has 104 valence electrons. The van der Waals surface area contributed by atoms with E-state index in [4.69, 9.17) is 0 Å². The van der Waals surface area contributed by atoms with Crippen LogP contribution in [0.4, 0.5) is 4.39 Å². The highest BCUT2D eigenvalue weighted by Gasteiger charge is 2.14. The zero-order valence-electron chi connectivity index (χ0n) is 11.1. The zero-order chi connectivity index (χ0) is 13.0. The van der Waals surface area contributed by atoms with Gasteiger partial charge < -0.3 is 5.32 Å². The van der Waals surface area contributed by atoms with E-state index in [9.17, 15) is 4.39 Å². The summed E-state index contributed by atoms with van der Waals surface area (Å²) in [6, 6.07) is 11.7. The summed E-state index contributed by atoms with van der Waals surface area (Å²) in [6.45, 7) is 4.29. The van der Waals surface area contributed by atoms with Crippen LogP contribution < -0.4 is 5.32 Å². The van der Waals surface area contributed by atoms with Crippen LogP contribution in [0.25, 0.3) is 0 Å². The minimum absolute atomic E-state index is 0. The van der Waals surface area contributed by atoms with Gasteiger partial charge in [-0.15, -0.1) is 23.7 Å². The van der Waals surface area contributed by atoms with E-state index in [2.05, 4.69) is 36.7 Å². The third kappa shape index (κ3) is 4.94. The molecule has 19 heavy (non-hydrogen) atoms. The largest absolute Gasteiger partial charge is 0.307 e. The van der Waals surface area contributed by atoms with E-state index < -0.39 is 0 Å². The average Bonchev–Trinajstić information content (AvgIpc) is 2.84. The lowest BCUT2D eigenvalue weighted by atomic mass is 10.0. The van der Waals surface area contributed by atoms with Gasteiger partial charge in [0.05, 0.1) is 0 Å². The third-order valence-corrected chi connectivity index (χ3v) is 3.76. The van der Waals surface area contributed by atoms with Crippen LogP contribution in [-0.2, 0) is 6.42 Å². The lowest BCUT2D eigenvalue weighted by molar-refractivity contribution is 0.480. The minimum Gasteiger partial charge on any atom is -0.307 e. The number of hydrogen-bond acceptors (Lipinski definition) is 2. The highest BCUT2D eigenvalue weighted by atomic mass is 35.5. The van der Waals surface area contributed by atoms with Gasteiger partial charge in [-0.2, -0.15) is 0 Å². The summed E-state index contributed by atoms with van der Waals surface area (Å²) in [5.41, 5.74) is 1.16. The second-order valence-electron chi connectivity index (χ2n) is 4.72. The quantitative estimate of drug-likeness (QED) is 0.851. The Bertz CT molecular complexity index is 467. The molecule has 1 N–H and O–H groups in total. The van der Waals surface area contributed by atoms with Crippen molar-refractivity contribution in [1.82, 2.24) is 5.32 Å². The minimum atomic E-state index is -0.178. The molecule has 1 aromatic carbocycles. The number of nitrogens with one attached hydrogen (secondary N) is 1. The molecule has 1 heterocycles. The van der Waals surface area contributed by atoms with E-state index in [0.717, 1.165) is 12.0 Å². The zero-order valence-corrected chi connectivity index (χ0v) is 12.7. The Morgan fingerprint density at radius 1 is 1.16 bits per heavy atom. The molecule has 0 saturated heterocycles. The molecule has 0 fully saturated rings. The van der Waals surface area contributed by atoms with Gasteiger partial charge in [-0.05, 0) is 35.6 Å². The van der Waals surface area contributed by atoms with Gasteiger partial charge in [-0.25, -0.2) is 4.39 Å². The van der Waals surface area contributed by atoms with Gasteiger partial charge >= 0.3 is 0 Å². The van der Waals surface area contributed by atoms with Crippen LogP contribution in [0, 0.1) is 5.82 Å². The second-order valence-corrected chi connectivity index (χ2v) is 5.70. The van der Waals surface area contributed by atoms with Crippen molar-refractivity contribution in [3.05, 3.63) is 58.0 Å². The van der Waals surface area contributed by atoms with E-state index in [1.54, 1.807) is 11.3 Å². The van der Waals surface area contributed by atoms with Crippen molar-refractivity contribution in [3.63, 3.8) is 0 Å². The molecular formula is C15H19ClFNS. The molecule has 0 bridgehead atoms. The molecule has 1 aromatic heterocycles. The Morgan fingerprint density at radius 2 is 1.84 bits per heavy atom. The van der Waals surface area contributed by atoms with Crippen LogP contribution in [0.1, 0.15) is 30.3 Å². The summed E-state index contributed by atoms with van der Waals surface area (Å²) in [5.74, 6) is -0.178. The lowest BCUT2D eigenvalue weighted by Gasteiger charge is -2.20. The fourth-order valence-corrected chi connectivity index (χ4v) is 2.78. The highest BCUT2D eigenvalue weighted by Crippen LogP contribution is 2.23. The van der Waals surface area contributed by atoms with Gasteiger partial charge in [0.15, 0.2) is 0 Å². The predicted octanol–water partition coefficient (Wildman–Crippen LogP) is 4.59. The first-order valence-electron chi connectivity index (χ1n) is 6.19. The third-order valence-electron chi connectivity index (χ3n) is 2.77. The Morgan fingerprint density at radius 3 is 2.37 bits per heavy atom. The summed E-state index contributed by atoms with van der Waals surface area (Å²) in [4.78, 5) is 1.33. The standard InChI is InChI=1S/C15H18FNS.ClH/c1-11(2)17-14(15-4-3-9-18-15)10-12-5-7-13(16)8-6-12;/h3-9,11,14,17H,10H2,1-2H3;1H. The maximum Gasteiger partial charge on any atom is 0.123 e. The van der Waals surface area contributed by atoms with E-state index in [1.165, 1.54) is 17.0 Å². The molecule has 0 amide bonds. The van der Waals surface area contributed by atoms with E-state index in [0.29, 0.717) is 12.1 Å². The maximum absolute atomic E-state index is 12.9. The molecular weight excluding hydrogens is 281 g/mol. The summed E-state index contributed by atoms with van der Waals surface area (Å²) < 4.78 is 12.9. The molecule has 4 heteroatoms. The van der Waals surface area contributed by atoms with Crippen LogP contribution in [-0.4, -0.2) is 6.04 Å². The molecule has 2 aromatic rings. The van der Waals surface area contributed by atoms with Crippen LogP contribution in [0.5, 0.6) is 0 Å². The maximum atomic E-state index is 12.9. The van der Waals surface area contributed by atoms with E-state index in [1.807, 2.05) is 12.1 Å². The molecule has 0 aliphatic heterocycles. The Hall–Kier alpha value is -0.900. The summed E-state index contributed by atoms with van der Waals surface area (Å²) in [5, 5.41) is 5.65. The van der Waals surface area contributed by atoms with Gasteiger partial charge in [-0.1, -0.05) is 32.0 Å². The summed E-state index contributed by atoms with van der Waals surface area (Å²) in [7, 11) is 0. The van der Waals surface area contributed by atoms with Gasteiger partial charge in [0.2, 0.25) is 0 Å². The van der Waals surface area contributed by atoms with E-state index in [-0.39, 0.29) is 18.2 Å². The SMILES string of the molecule is CC(C)NC(Cc1ccc(F)cc1)c1cccs1.Cl. The van der Waals surface area contributed by atoms with Crippen molar-refractivity contribution in [3.8, 4) is 0 Å². The lowest BCUT2D eigenvalue weighted by Crippen LogP contribution is -2.29. The normalized spacial score (nSPS) is 12.2. The number of rotatable bonds is 5. The van der Waals surface area contributed by atoms with Crippen molar-refractivity contribution >= 4 is 23.7 Å². The molecule has 0 saturated carbocycles. The van der Waals surface area contributed by atoms with Gasteiger partial charge in [-0.3, -0.25) is 0 Å². The van der Waals surface area contributed by atoms with Crippen LogP contribution in [0.3, 0.4) is 0 Å². The Kier molecular flexibility index (Phi) is 6.49. The van der Waals surface area contributed by atoms with Gasteiger partial charge in [0, 0.05) is 17.0 Å². The molecule has 1 nitrogen and oxygen atoms in total. The first-order valence-corrected chi connectivity index (χ1v) is 7.07. The number of thiophene rings is 1. The Labute approximate surface area is 124 Å². The van der Waals surface area contributed by atoms with Gasteiger partial charge in [0.1, 0.15) is 5.82 Å². The summed E-state index contributed by atoms with van der Waals surface area (Å²) >= 11 is 1.76. The molecule has 2 rings (SSSR count). The van der Waals surface area contributed by atoms with Crippen molar-refractivity contribution in [1.29, 1.82) is 0 Å². The smallest absolute Gasteiger partial charge is 0.123 e. The molecule has 1 atom stereocenters. The highest BCUT2D eigenvalue weighted by molar-refractivity contribution is 7.10. The predicted molar refractivity (Wildman–Crippen MR) is 82.7 cm³/mol. The summed E-state index contributed by atoms with van der Waals surface area (Å²) in [6.07, 6.45) is 0.888. The first-order chi connectivity index (χ1) is 8.65. The Balaban J connectivity index is 0.00000180. The molecule has 0 aliphatic carbocycles. The van der Waals surface area contributed by atoms with Crippen LogP contribution in [0.2, 0.25) is 0 Å². The number of hydrogen-bond donors (Lipinski definition) is 1. The average molecular weight is 300 g/mol. The molecule has 0 radical (unpaired) electrons. The van der Waals surface area contributed by atoms with Gasteiger partial charge in [0.25, 0.3) is 0 Å². The first kappa shape index (κ1) is 16.2. The molecule has 1 unspecified atom stereocenters. The van der Waals surface area contributed by atoms with Crippen LogP contribution in [0.15, 0.2) is 41.8 Å². The number of benzene rings is 1. The molecule has 0 aliphatic rings. The fraction of sp³-hybridized carbons (Fsp3) is 0.333. The monoisotopic (exact) mass is 299 g/mol. The second kappa shape index (κ2) is 7.63.